The molecule has 7 heteroatoms. The zero-order valence-electron chi connectivity index (χ0n) is 15.0. The van der Waals surface area contributed by atoms with Crippen molar-refractivity contribution in [2.24, 2.45) is 0 Å². The number of ether oxygens (including phenoxy) is 1. The SMILES string of the molecule is CCCCc1ccc(NC(=O)CNc2cc([N+](=O)[O-])ccc2OC)cc1. The van der Waals surface area contributed by atoms with Crippen molar-refractivity contribution in [1.82, 2.24) is 0 Å². The molecule has 2 aromatic rings. The zero-order valence-corrected chi connectivity index (χ0v) is 15.0. The van der Waals surface area contributed by atoms with Gasteiger partial charge < -0.3 is 15.4 Å². The quantitative estimate of drug-likeness (QED) is 0.523. The third-order valence-electron chi connectivity index (χ3n) is 3.89. The van der Waals surface area contributed by atoms with Crippen LogP contribution in [0.5, 0.6) is 5.75 Å². The maximum Gasteiger partial charge on any atom is 0.271 e. The van der Waals surface area contributed by atoms with Crippen molar-refractivity contribution >= 4 is 23.0 Å². The first-order chi connectivity index (χ1) is 12.5. The number of amides is 1. The van der Waals surface area contributed by atoms with E-state index in [0.717, 1.165) is 19.3 Å². The van der Waals surface area contributed by atoms with Gasteiger partial charge in [-0.2, -0.15) is 0 Å². The van der Waals surface area contributed by atoms with Gasteiger partial charge in [-0.25, -0.2) is 0 Å². The number of hydrogen-bond acceptors (Lipinski definition) is 5. The Morgan fingerprint density at radius 2 is 1.92 bits per heavy atom. The fourth-order valence-electron chi connectivity index (χ4n) is 2.46. The molecule has 0 aliphatic rings. The first-order valence-corrected chi connectivity index (χ1v) is 8.48. The van der Waals surface area contributed by atoms with Gasteiger partial charge in [0.15, 0.2) is 0 Å². The van der Waals surface area contributed by atoms with Gasteiger partial charge in [0.25, 0.3) is 5.69 Å². The van der Waals surface area contributed by atoms with Gasteiger partial charge in [0, 0.05) is 17.8 Å². The van der Waals surface area contributed by atoms with Crippen LogP contribution < -0.4 is 15.4 Å². The Bertz CT molecular complexity index is 760. The van der Waals surface area contributed by atoms with Gasteiger partial charge in [-0.05, 0) is 36.6 Å². The van der Waals surface area contributed by atoms with Crippen LogP contribution in [0.2, 0.25) is 0 Å². The lowest BCUT2D eigenvalue weighted by atomic mass is 10.1. The van der Waals surface area contributed by atoms with Crippen molar-refractivity contribution in [3.05, 3.63) is 58.1 Å². The van der Waals surface area contributed by atoms with E-state index in [0.29, 0.717) is 17.1 Å². The number of hydrogen-bond donors (Lipinski definition) is 2. The van der Waals surface area contributed by atoms with E-state index < -0.39 is 4.92 Å². The van der Waals surface area contributed by atoms with Crippen molar-refractivity contribution < 1.29 is 14.5 Å². The molecule has 0 aliphatic carbocycles. The van der Waals surface area contributed by atoms with Crippen molar-refractivity contribution in [2.75, 3.05) is 24.3 Å². The molecule has 0 aliphatic heterocycles. The number of nitrogens with zero attached hydrogens (tertiary/aromatic N) is 1. The summed E-state index contributed by atoms with van der Waals surface area (Å²) in [6.07, 6.45) is 3.31. The molecule has 0 spiro atoms. The summed E-state index contributed by atoms with van der Waals surface area (Å²) >= 11 is 0. The van der Waals surface area contributed by atoms with Crippen molar-refractivity contribution in [2.45, 2.75) is 26.2 Å². The van der Waals surface area contributed by atoms with E-state index in [1.165, 1.54) is 30.9 Å². The number of nitro groups is 1. The molecule has 0 atom stereocenters. The van der Waals surface area contributed by atoms with Gasteiger partial charge in [0.1, 0.15) is 5.75 Å². The van der Waals surface area contributed by atoms with Crippen LogP contribution in [-0.2, 0) is 11.2 Å². The molecule has 26 heavy (non-hydrogen) atoms. The van der Waals surface area contributed by atoms with Crippen LogP contribution in [-0.4, -0.2) is 24.5 Å². The molecule has 2 N–H and O–H groups in total. The Kier molecular flexibility index (Phi) is 6.96. The molecule has 0 unspecified atom stereocenters. The van der Waals surface area contributed by atoms with Crippen molar-refractivity contribution in [1.29, 1.82) is 0 Å². The molecule has 0 aromatic heterocycles. The minimum absolute atomic E-state index is 0.0326. The Morgan fingerprint density at radius 1 is 1.19 bits per heavy atom. The largest absolute Gasteiger partial charge is 0.495 e. The van der Waals surface area contributed by atoms with E-state index >= 15 is 0 Å². The normalized spacial score (nSPS) is 10.2. The average Bonchev–Trinajstić information content (AvgIpc) is 2.65. The first kappa shape index (κ1) is 19.2. The number of rotatable bonds is 9. The summed E-state index contributed by atoms with van der Waals surface area (Å²) in [5.74, 6) is 0.184. The smallest absolute Gasteiger partial charge is 0.271 e. The van der Waals surface area contributed by atoms with Gasteiger partial charge in [-0.15, -0.1) is 0 Å². The predicted molar refractivity (Wildman–Crippen MR) is 102 cm³/mol. The van der Waals surface area contributed by atoms with Crippen LogP contribution in [0.25, 0.3) is 0 Å². The van der Waals surface area contributed by atoms with Crippen LogP contribution in [0, 0.1) is 10.1 Å². The van der Waals surface area contributed by atoms with E-state index in [-0.39, 0.29) is 18.1 Å². The van der Waals surface area contributed by atoms with Crippen LogP contribution in [0.4, 0.5) is 17.1 Å². The molecular weight excluding hydrogens is 334 g/mol. The summed E-state index contributed by atoms with van der Waals surface area (Å²) in [7, 11) is 1.46. The molecule has 7 nitrogen and oxygen atoms in total. The Labute approximate surface area is 152 Å². The summed E-state index contributed by atoms with van der Waals surface area (Å²) in [6, 6.07) is 11.9. The standard InChI is InChI=1S/C19H23N3O4/c1-3-4-5-14-6-8-15(9-7-14)21-19(23)13-20-17-12-16(22(24)25)10-11-18(17)26-2/h6-12,20H,3-5,13H2,1-2H3,(H,21,23). The highest BCUT2D eigenvalue weighted by molar-refractivity contribution is 5.94. The number of non-ortho nitro benzene ring substituents is 1. The third kappa shape index (κ3) is 5.47. The third-order valence-corrected chi connectivity index (χ3v) is 3.89. The summed E-state index contributed by atoms with van der Waals surface area (Å²) in [4.78, 5) is 22.5. The van der Waals surface area contributed by atoms with Gasteiger partial charge in [0.05, 0.1) is 24.3 Å². The van der Waals surface area contributed by atoms with Gasteiger partial charge >= 0.3 is 0 Å². The van der Waals surface area contributed by atoms with E-state index in [1.807, 2.05) is 24.3 Å². The van der Waals surface area contributed by atoms with E-state index in [1.54, 1.807) is 0 Å². The topological polar surface area (TPSA) is 93.5 Å². The molecular formula is C19H23N3O4. The number of nitro benzene ring substituents is 1. The van der Waals surface area contributed by atoms with Crippen LogP contribution >= 0.6 is 0 Å². The molecule has 138 valence electrons. The molecule has 0 heterocycles. The number of methoxy groups -OCH3 is 1. The van der Waals surface area contributed by atoms with Crippen LogP contribution in [0.15, 0.2) is 42.5 Å². The molecule has 0 fully saturated rings. The number of carbonyl (C=O) groups excluding carboxylic acids is 1. The molecule has 0 saturated carbocycles. The summed E-state index contributed by atoms with van der Waals surface area (Å²) in [5.41, 5.74) is 2.27. The maximum atomic E-state index is 12.1. The number of unbranched alkanes of at least 4 members (excludes halogenated alkanes) is 1. The fraction of sp³-hybridized carbons (Fsp3) is 0.316. The minimum Gasteiger partial charge on any atom is -0.495 e. The van der Waals surface area contributed by atoms with Gasteiger partial charge in [-0.1, -0.05) is 25.5 Å². The Balaban J connectivity index is 1.94. The second-order valence-electron chi connectivity index (χ2n) is 5.84. The molecule has 0 radical (unpaired) electrons. The monoisotopic (exact) mass is 357 g/mol. The second-order valence-corrected chi connectivity index (χ2v) is 5.84. The first-order valence-electron chi connectivity index (χ1n) is 8.48. The highest BCUT2D eigenvalue weighted by atomic mass is 16.6. The highest BCUT2D eigenvalue weighted by Gasteiger charge is 2.12. The zero-order chi connectivity index (χ0) is 18.9. The number of nitrogens with one attached hydrogen (secondary N) is 2. The van der Waals surface area contributed by atoms with Crippen molar-refractivity contribution in [3.8, 4) is 5.75 Å². The number of aryl methyl sites for hydroxylation is 1. The molecule has 0 saturated heterocycles. The van der Waals surface area contributed by atoms with E-state index in [2.05, 4.69) is 17.6 Å². The second kappa shape index (κ2) is 9.41. The lowest BCUT2D eigenvalue weighted by Gasteiger charge is -2.11. The highest BCUT2D eigenvalue weighted by Crippen LogP contribution is 2.28. The summed E-state index contributed by atoms with van der Waals surface area (Å²) in [6.45, 7) is 2.12. The van der Waals surface area contributed by atoms with Crippen LogP contribution in [0.3, 0.4) is 0 Å². The minimum atomic E-state index is -0.495. The summed E-state index contributed by atoms with van der Waals surface area (Å²) < 4.78 is 5.16. The predicted octanol–water partition coefficient (Wildman–Crippen LogP) is 4.00. The Hall–Kier alpha value is -3.09. The average molecular weight is 357 g/mol. The molecule has 2 aromatic carbocycles. The molecule has 0 bridgehead atoms. The maximum absolute atomic E-state index is 12.1. The number of anilines is 2. The van der Waals surface area contributed by atoms with Crippen molar-refractivity contribution in [3.63, 3.8) is 0 Å². The fourth-order valence-corrected chi connectivity index (χ4v) is 2.46. The number of benzene rings is 2. The van der Waals surface area contributed by atoms with E-state index in [4.69, 9.17) is 4.74 Å². The lowest BCUT2D eigenvalue weighted by Crippen LogP contribution is -2.22. The summed E-state index contributed by atoms with van der Waals surface area (Å²) in [5, 5.41) is 16.6. The number of carbonyl (C=O) groups is 1. The Morgan fingerprint density at radius 3 is 2.54 bits per heavy atom. The van der Waals surface area contributed by atoms with Gasteiger partial charge in [-0.3, -0.25) is 14.9 Å². The molecule has 1 amide bonds. The van der Waals surface area contributed by atoms with E-state index in [9.17, 15) is 14.9 Å². The van der Waals surface area contributed by atoms with Crippen LogP contribution in [0.1, 0.15) is 25.3 Å². The van der Waals surface area contributed by atoms with Gasteiger partial charge in [0.2, 0.25) is 5.91 Å². The molecule has 2 rings (SSSR count). The lowest BCUT2D eigenvalue weighted by molar-refractivity contribution is -0.384.